The Bertz CT molecular complexity index is 647. The molecule has 5 saturated carbocycles. The van der Waals surface area contributed by atoms with E-state index in [1.54, 1.807) is 0 Å². The fraction of sp³-hybridized carbons (Fsp3) is 0.857. The van der Waals surface area contributed by atoms with Crippen LogP contribution in [-0.2, 0) is 14.3 Å². The van der Waals surface area contributed by atoms with E-state index in [0.717, 1.165) is 57.8 Å². The van der Waals surface area contributed by atoms with Gasteiger partial charge in [-0.05, 0) is 70.1 Å². The second-order valence-corrected chi connectivity index (χ2v) is 10.5. The van der Waals surface area contributed by atoms with Gasteiger partial charge >= 0.3 is 12.0 Å². The number of nitrogens with one attached hydrogen (secondary N) is 2. The van der Waals surface area contributed by atoms with E-state index in [0.29, 0.717) is 18.3 Å². The van der Waals surface area contributed by atoms with Gasteiger partial charge in [-0.15, -0.1) is 11.6 Å². The quantitative estimate of drug-likeness (QED) is 0.547. The average molecular weight is 411 g/mol. The van der Waals surface area contributed by atoms with Crippen LogP contribution < -0.4 is 10.6 Å². The van der Waals surface area contributed by atoms with Crippen molar-refractivity contribution in [2.24, 2.45) is 17.3 Å². The SMILES string of the molecule is C[C@@H](OC(=O)C12C[C@@H]3C[C@H](CC(Cl)(C3)C1)C2)C(=O)NC(=O)NC1CCCCC1. The number of ether oxygens (including phenoxy) is 1. The van der Waals surface area contributed by atoms with Gasteiger partial charge in [0.2, 0.25) is 0 Å². The zero-order valence-corrected chi connectivity index (χ0v) is 17.4. The van der Waals surface area contributed by atoms with Crippen LogP contribution in [0.4, 0.5) is 4.79 Å². The second-order valence-electron chi connectivity index (χ2n) is 9.74. The highest BCUT2D eigenvalue weighted by molar-refractivity contribution is 6.24. The molecule has 0 spiro atoms. The first kappa shape index (κ1) is 20.0. The lowest BCUT2D eigenvalue weighted by molar-refractivity contribution is -0.177. The molecule has 5 rings (SSSR count). The second kappa shape index (κ2) is 7.51. The number of esters is 1. The summed E-state index contributed by atoms with van der Waals surface area (Å²) < 4.78 is 5.54. The Kier molecular flexibility index (Phi) is 5.36. The zero-order chi connectivity index (χ0) is 19.9. The molecule has 0 aliphatic heterocycles. The molecule has 5 aliphatic carbocycles. The fourth-order valence-corrected chi connectivity index (χ4v) is 7.10. The van der Waals surface area contributed by atoms with Crippen LogP contribution in [0, 0.1) is 17.3 Å². The molecule has 4 bridgehead atoms. The Balaban J connectivity index is 1.30. The van der Waals surface area contributed by atoms with Crippen LogP contribution >= 0.6 is 11.6 Å². The minimum absolute atomic E-state index is 0.117. The lowest BCUT2D eigenvalue weighted by atomic mass is 9.49. The largest absolute Gasteiger partial charge is 0.452 e. The molecule has 7 heteroatoms. The van der Waals surface area contributed by atoms with Gasteiger partial charge in [-0.3, -0.25) is 14.9 Å². The molecular weight excluding hydrogens is 380 g/mol. The molecular formula is C21H31ClN2O4. The first-order valence-electron chi connectivity index (χ1n) is 10.8. The Morgan fingerprint density at radius 2 is 1.68 bits per heavy atom. The number of rotatable bonds is 4. The highest BCUT2D eigenvalue weighted by atomic mass is 35.5. The summed E-state index contributed by atoms with van der Waals surface area (Å²) in [5, 5.41) is 5.16. The summed E-state index contributed by atoms with van der Waals surface area (Å²) >= 11 is 6.79. The third kappa shape index (κ3) is 4.03. The van der Waals surface area contributed by atoms with Gasteiger partial charge in [-0.1, -0.05) is 19.3 Å². The number of carbonyl (C=O) groups is 3. The summed E-state index contributed by atoms with van der Waals surface area (Å²) in [4.78, 5) is 37.1. The topological polar surface area (TPSA) is 84.5 Å². The predicted octanol–water partition coefficient (Wildman–Crippen LogP) is 3.65. The first-order chi connectivity index (χ1) is 13.3. The molecule has 0 aromatic heterocycles. The van der Waals surface area contributed by atoms with Crippen molar-refractivity contribution in [1.82, 2.24) is 10.6 Å². The lowest BCUT2D eigenvalue weighted by Crippen LogP contribution is -2.57. The molecule has 0 saturated heterocycles. The number of halogens is 1. The van der Waals surface area contributed by atoms with Gasteiger partial charge in [0.15, 0.2) is 6.10 Å². The van der Waals surface area contributed by atoms with Crippen LogP contribution in [0.15, 0.2) is 0 Å². The molecule has 3 atom stereocenters. The average Bonchev–Trinajstić information content (AvgIpc) is 2.60. The van der Waals surface area contributed by atoms with Gasteiger partial charge in [-0.25, -0.2) is 4.79 Å². The zero-order valence-electron chi connectivity index (χ0n) is 16.6. The standard InChI is InChI=1S/C21H31ClN2O4/c1-13(17(25)24-19(27)23-16-5-3-2-4-6-16)28-18(26)20-8-14-7-15(9-20)11-21(22,10-14)12-20/h13-16H,2-12H2,1H3,(H2,23,24,25,27)/t13-,14+,15+,20?,21?/m1/s1. The third-order valence-corrected chi connectivity index (χ3v) is 7.70. The van der Waals surface area contributed by atoms with E-state index in [4.69, 9.17) is 16.3 Å². The van der Waals surface area contributed by atoms with E-state index in [2.05, 4.69) is 10.6 Å². The number of urea groups is 1. The molecule has 6 nitrogen and oxygen atoms in total. The summed E-state index contributed by atoms with van der Waals surface area (Å²) in [7, 11) is 0. The Morgan fingerprint density at radius 3 is 2.29 bits per heavy atom. The molecule has 5 aliphatic rings. The molecule has 2 N–H and O–H groups in total. The van der Waals surface area contributed by atoms with Crippen molar-refractivity contribution in [1.29, 1.82) is 0 Å². The van der Waals surface area contributed by atoms with E-state index in [9.17, 15) is 14.4 Å². The molecule has 0 unspecified atom stereocenters. The molecule has 3 amide bonds. The Labute approximate surface area is 171 Å². The van der Waals surface area contributed by atoms with Gasteiger partial charge in [0, 0.05) is 10.9 Å². The Hall–Kier alpha value is -1.30. The molecule has 156 valence electrons. The first-order valence-corrected chi connectivity index (χ1v) is 11.2. The molecule has 0 radical (unpaired) electrons. The van der Waals surface area contributed by atoms with Gasteiger partial charge < -0.3 is 10.1 Å². The van der Waals surface area contributed by atoms with Gasteiger partial charge in [0.05, 0.1) is 5.41 Å². The summed E-state index contributed by atoms with van der Waals surface area (Å²) in [6.07, 6.45) is 9.66. The van der Waals surface area contributed by atoms with Crippen molar-refractivity contribution in [3.05, 3.63) is 0 Å². The summed E-state index contributed by atoms with van der Waals surface area (Å²) in [6.45, 7) is 1.53. The van der Waals surface area contributed by atoms with Crippen LogP contribution in [0.1, 0.15) is 77.6 Å². The number of hydrogen-bond donors (Lipinski definition) is 2. The maximum Gasteiger partial charge on any atom is 0.321 e. The summed E-state index contributed by atoms with van der Waals surface area (Å²) in [5.74, 6) is 0.0716. The van der Waals surface area contributed by atoms with E-state index < -0.39 is 23.5 Å². The molecule has 0 aromatic rings. The van der Waals surface area contributed by atoms with Gasteiger partial charge in [0.1, 0.15) is 0 Å². The lowest BCUT2D eigenvalue weighted by Gasteiger charge is -2.58. The highest BCUT2D eigenvalue weighted by Gasteiger charge is 2.61. The van der Waals surface area contributed by atoms with E-state index >= 15 is 0 Å². The molecule has 0 heterocycles. The molecule has 28 heavy (non-hydrogen) atoms. The van der Waals surface area contributed by atoms with Crippen LogP contribution in [0.25, 0.3) is 0 Å². The number of alkyl halides is 1. The maximum atomic E-state index is 13.0. The van der Waals surface area contributed by atoms with Crippen molar-refractivity contribution in [3.63, 3.8) is 0 Å². The van der Waals surface area contributed by atoms with Crippen molar-refractivity contribution < 1.29 is 19.1 Å². The van der Waals surface area contributed by atoms with E-state index in [1.165, 1.54) is 13.3 Å². The van der Waals surface area contributed by atoms with Gasteiger partial charge in [0.25, 0.3) is 5.91 Å². The molecule has 0 aromatic carbocycles. The van der Waals surface area contributed by atoms with Crippen LogP contribution in [-0.4, -0.2) is 34.9 Å². The summed E-state index contributed by atoms with van der Waals surface area (Å²) in [6, 6.07) is -0.388. The van der Waals surface area contributed by atoms with Crippen molar-refractivity contribution >= 4 is 29.5 Å². The predicted molar refractivity (Wildman–Crippen MR) is 105 cm³/mol. The normalized spacial score (nSPS) is 37.9. The maximum absolute atomic E-state index is 13.0. The minimum atomic E-state index is -0.996. The number of imide groups is 1. The van der Waals surface area contributed by atoms with Crippen LogP contribution in [0.2, 0.25) is 0 Å². The van der Waals surface area contributed by atoms with Crippen molar-refractivity contribution in [2.45, 2.75) is 94.6 Å². The third-order valence-electron chi connectivity index (χ3n) is 7.25. The van der Waals surface area contributed by atoms with Crippen LogP contribution in [0.5, 0.6) is 0 Å². The number of amides is 3. The van der Waals surface area contributed by atoms with E-state index in [1.807, 2.05) is 0 Å². The minimum Gasteiger partial charge on any atom is -0.452 e. The summed E-state index contributed by atoms with van der Waals surface area (Å²) in [5.41, 5.74) is -0.551. The Morgan fingerprint density at radius 1 is 1.04 bits per heavy atom. The highest BCUT2D eigenvalue weighted by Crippen LogP contribution is 2.64. The monoisotopic (exact) mass is 410 g/mol. The van der Waals surface area contributed by atoms with E-state index in [-0.39, 0.29) is 16.9 Å². The fourth-order valence-electron chi connectivity index (χ4n) is 6.41. The number of hydrogen-bond acceptors (Lipinski definition) is 4. The smallest absolute Gasteiger partial charge is 0.321 e. The van der Waals surface area contributed by atoms with Crippen molar-refractivity contribution in [3.8, 4) is 0 Å². The number of carbonyl (C=O) groups excluding carboxylic acids is 3. The van der Waals surface area contributed by atoms with Crippen LogP contribution in [0.3, 0.4) is 0 Å². The van der Waals surface area contributed by atoms with Crippen molar-refractivity contribution in [2.75, 3.05) is 0 Å². The molecule has 5 fully saturated rings. The van der Waals surface area contributed by atoms with Gasteiger partial charge in [-0.2, -0.15) is 0 Å².